The number of methoxy groups -OCH3 is 2. The van der Waals surface area contributed by atoms with Gasteiger partial charge in [0.05, 0.1) is 20.3 Å². The summed E-state index contributed by atoms with van der Waals surface area (Å²) in [4.78, 5) is 12.1. The fourth-order valence-electron chi connectivity index (χ4n) is 2.75. The molecule has 1 aliphatic rings. The van der Waals surface area contributed by atoms with Gasteiger partial charge in [-0.05, 0) is 47.9 Å². The number of hydrogen-bond acceptors (Lipinski definition) is 4. The highest BCUT2D eigenvalue weighted by molar-refractivity contribution is 5.74. The minimum atomic E-state index is -0.212. The van der Waals surface area contributed by atoms with Crippen LogP contribution in [0.1, 0.15) is 11.1 Å². The van der Waals surface area contributed by atoms with Crippen molar-refractivity contribution in [1.82, 2.24) is 10.6 Å². The molecule has 0 fully saturated rings. The van der Waals surface area contributed by atoms with E-state index >= 15 is 0 Å². The summed E-state index contributed by atoms with van der Waals surface area (Å²) in [7, 11) is 3.26. The maximum atomic E-state index is 12.1. The molecular weight excluding hydrogens is 320 g/mol. The van der Waals surface area contributed by atoms with Crippen molar-refractivity contribution in [2.75, 3.05) is 20.8 Å². The van der Waals surface area contributed by atoms with Crippen molar-refractivity contribution in [2.45, 2.75) is 19.0 Å². The molecule has 0 bridgehead atoms. The molecule has 2 aromatic carbocycles. The van der Waals surface area contributed by atoms with Crippen LogP contribution in [0.5, 0.6) is 17.2 Å². The predicted octanol–water partition coefficient (Wildman–Crippen LogP) is 2.51. The molecule has 0 saturated carbocycles. The first-order valence-electron chi connectivity index (χ1n) is 8.15. The number of carbonyl (C=O) groups excluding carboxylic acids is 1. The number of fused-ring (bicyclic) bond motifs is 1. The first kappa shape index (κ1) is 17.0. The minimum absolute atomic E-state index is 0.0736. The zero-order valence-electron chi connectivity index (χ0n) is 14.4. The number of ether oxygens (including phenoxy) is 3. The molecule has 0 radical (unpaired) electrons. The number of amides is 2. The van der Waals surface area contributed by atoms with Gasteiger partial charge in [0.2, 0.25) is 0 Å². The smallest absolute Gasteiger partial charge is 0.315 e. The van der Waals surface area contributed by atoms with Gasteiger partial charge in [-0.3, -0.25) is 0 Å². The van der Waals surface area contributed by atoms with E-state index in [9.17, 15) is 4.79 Å². The van der Waals surface area contributed by atoms with E-state index in [0.29, 0.717) is 19.6 Å². The van der Waals surface area contributed by atoms with Crippen LogP contribution in [0.25, 0.3) is 0 Å². The highest BCUT2D eigenvalue weighted by Gasteiger charge is 2.21. The summed E-state index contributed by atoms with van der Waals surface area (Å²) in [6.45, 7) is 0.906. The summed E-state index contributed by atoms with van der Waals surface area (Å²) in [6, 6.07) is 13.0. The first-order valence-corrected chi connectivity index (χ1v) is 8.15. The average molecular weight is 342 g/mol. The van der Waals surface area contributed by atoms with Gasteiger partial charge in [0.25, 0.3) is 0 Å². The Bertz CT molecular complexity index is 731. The molecule has 1 unspecified atom stereocenters. The summed E-state index contributed by atoms with van der Waals surface area (Å²) in [5.41, 5.74) is 2.04. The van der Waals surface area contributed by atoms with Crippen LogP contribution in [0, 0.1) is 0 Å². The van der Waals surface area contributed by atoms with Crippen molar-refractivity contribution in [3.63, 3.8) is 0 Å². The standard InChI is InChI=1S/C19H22N2O4/c1-23-16-5-3-13(4-6-16)11-20-19(22)21-15-9-14-10-17(24-2)7-8-18(14)25-12-15/h3-8,10,15H,9,11-12H2,1-2H3,(H2,20,21,22). The Hall–Kier alpha value is -2.89. The Labute approximate surface area is 147 Å². The molecule has 2 N–H and O–H groups in total. The SMILES string of the molecule is COc1ccc(CNC(=O)NC2COc3ccc(OC)cc3C2)cc1. The predicted molar refractivity (Wildman–Crippen MR) is 94.3 cm³/mol. The minimum Gasteiger partial charge on any atom is -0.497 e. The average Bonchev–Trinajstić information content (AvgIpc) is 2.66. The monoisotopic (exact) mass is 342 g/mol. The second kappa shape index (κ2) is 7.79. The number of carbonyl (C=O) groups is 1. The van der Waals surface area contributed by atoms with Crippen molar-refractivity contribution in [2.24, 2.45) is 0 Å². The van der Waals surface area contributed by atoms with Crippen LogP contribution in [0.2, 0.25) is 0 Å². The third kappa shape index (κ3) is 4.35. The molecule has 0 spiro atoms. The van der Waals surface area contributed by atoms with Gasteiger partial charge in [-0.25, -0.2) is 4.79 Å². The van der Waals surface area contributed by atoms with E-state index in [1.165, 1.54) is 0 Å². The van der Waals surface area contributed by atoms with Gasteiger partial charge in [-0.1, -0.05) is 12.1 Å². The molecule has 1 aliphatic heterocycles. The van der Waals surface area contributed by atoms with Crippen LogP contribution in [0.15, 0.2) is 42.5 Å². The van der Waals surface area contributed by atoms with Crippen molar-refractivity contribution in [1.29, 1.82) is 0 Å². The first-order chi connectivity index (χ1) is 12.2. The van der Waals surface area contributed by atoms with Gasteiger partial charge in [0.1, 0.15) is 23.9 Å². The molecule has 0 aromatic heterocycles. The van der Waals surface area contributed by atoms with Gasteiger partial charge in [0.15, 0.2) is 0 Å². The largest absolute Gasteiger partial charge is 0.497 e. The molecule has 2 amide bonds. The van der Waals surface area contributed by atoms with Gasteiger partial charge in [-0.15, -0.1) is 0 Å². The fraction of sp³-hybridized carbons (Fsp3) is 0.316. The molecule has 2 aromatic rings. The molecule has 1 atom stereocenters. The maximum absolute atomic E-state index is 12.1. The summed E-state index contributed by atoms with van der Waals surface area (Å²) in [5.74, 6) is 2.42. The lowest BCUT2D eigenvalue weighted by molar-refractivity contribution is 0.214. The van der Waals surface area contributed by atoms with Crippen molar-refractivity contribution >= 4 is 6.03 Å². The lowest BCUT2D eigenvalue weighted by atomic mass is 10.0. The lowest BCUT2D eigenvalue weighted by Gasteiger charge is -2.26. The van der Waals surface area contributed by atoms with E-state index in [0.717, 1.165) is 28.4 Å². The number of urea groups is 1. The Morgan fingerprint density at radius 1 is 1.12 bits per heavy atom. The number of rotatable bonds is 5. The molecular formula is C19H22N2O4. The van der Waals surface area contributed by atoms with Crippen LogP contribution < -0.4 is 24.8 Å². The van der Waals surface area contributed by atoms with Crippen LogP contribution >= 0.6 is 0 Å². The van der Waals surface area contributed by atoms with Gasteiger partial charge < -0.3 is 24.8 Å². The molecule has 132 valence electrons. The van der Waals surface area contributed by atoms with Crippen LogP contribution in [0.3, 0.4) is 0 Å². The fourth-order valence-corrected chi connectivity index (χ4v) is 2.75. The lowest BCUT2D eigenvalue weighted by Crippen LogP contribution is -2.47. The van der Waals surface area contributed by atoms with Crippen LogP contribution in [0.4, 0.5) is 4.79 Å². The molecule has 6 nitrogen and oxygen atoms in total. The van der Waals surface area contributed by atoms with Gasteiger partial charge in [-0.2, -0.15) is 0 Å². The third-order valence-corrected chi connectivity index (χ3v) is 4.12. The summed E-state index contributed by atoms with van der Waals surface area (Å²) < 4.78 is 16.1. The highest BCUT2D eigenvalue weighted by Crippen LogP contribution is 2.28. The highest BCUT2D eigenvalue weighted by atomic mass is 16.5. The van der Waals surface area contributed by atoms with E-state index in [-0.39, 0.29) is 12.1 Å². The van der Waals surface area contributed by atoms with Crippen LogP contribution in [-0.2, 0) is 13.0 Å². The van der Waals surface area contributed by atoms with E-state index in [1.54, 1.807) is 14.2 Å². The second-order valence-electron chi connectivity index (χ2n) is 5.86. The van der Waals surface area contributed by atoms with Crippen molar-refractivity contribution < 1.29 is 19.0 Å². The van der Waals surface area contributed by atoms with Crippen molar-refractivity contribution in [3.8, 4) is 17.2 Å². The summed E-state index contributed by atoms with van der Waals surface area (Å²) in [6.07, 6.45) is 0.711. The Morgan fingerprint density at radius 2 is 1.84 bits per heavy atom. The van der Waals surface area contributed by atoms with E-state index in [1.807, 2.05) is 42.5 Å². The molecule has 1 heterocycles. The number of hydrogen-bond donors (Lipinski definition) is 2. The molecule has 25 heavy (non-hydrogen) atoms. The molecule has 0 aliphatic carbocycles. The van der Waals surface area contributed by atoms with Gasteiger partial charge >= 0.3 is 6.03 Å². The maximum Gasteiger partial charge on any atom is 0.315 e. The third-order valence-electron chi connectivity index (χ3n) is 4.12. The van der Waals surface area contributed by atoms with Crippen molar-refractivity contribution in [3.05, 3.63) is 53.6 Å². The summed E-state index contributed by atoms with van der Waals surface area (Å²) in [5, 5.41) is 5.81. The molecule has 6 heteroatoms. The zero-order valence-corrected chi connectivity index (χ0v) is 14.4. The van der Waals surface area contributed by atoms with E-state index in [4.69, 9.17) is 14.2 Å². The van der Waals surface area contributed by atoms with Crippen LogP contribution in [-0.4, -0.2) is 32.9 Å². The topological polar surface area (TPSA) is 68.8 Å². The zero-order chi connectivity index (χ0) is 17.6. The van der Waals surface area contributed by atoms with Gasteiger partial charge in [0, 0.05) is 6.54 Å². The number of benzene rings is 2. The Balaban J connectivity index is 1.51. The van der Waals surface area contributed by atoms with E-state index in [2.05, 4.69) is 10.6 Å². The Morgan fingerprint density at radius 3 is 2.56 bits per heavy atom. The summed E-state index contributed by atoms with van der Waals surface area (Å²) >= 11 is 0. The second-order valence-corrected chi connectivity index (χ2v) is 5.86. The Kier molecular flexibility index (Phi) is 5.28. The molecule has 0 saturated heterocycles. The van der Waals surface area contributed by atoms with E-state index < -0.39 is 0 Å². The molecule has 3 rings (SSSR count). The normalized spacial score (nSPS) is 15.5. The number of nitrogens with one attached hydrogen (secondary N) is 2. The quantitative estimate of drug-likeness (QED) is 0.876.